The summed E-state index contributed by atoms with van der Waals surface area (Å²) in [6.45, 7) is 4.92. The van der Waals surface area contributed by atoms with Crippen molar-refractivity contribution < 1.29 is 14.3 Å². The van der Waals surface area contributed by atoms with Gasteiger partial charge in [0, 0.05) is 29.9 Å². The zero-order valence-electron chi connectivity index (χ0n) is 17.4. The number of fused-ring (bicyclic) bond motifs is 2. The molecule has 0 radical (unpaired) electrons. The molecule has 4 rings (SSSR count). The highest BCUT2D eigenvalue weighted by atomic mass is 16.5. The molecule has 0 aliphatic heterocycles. The fourth-order valence-corrected chi connectivity index (χ4v) is 4.06. The molecule has 2 heterocycles. The zero-order chi connectivity index (χ0) is 21.1. The van der Waals surface area contributed by atoms with Crippen molar-refractivity contribution in [3.05, 3.63) is 58.5 Å². The minimum atomic E-state index is -0.454. The molecule has 1 amide bonds. The summed E-state index contributed by atoms with van der Waals surface area (Å²) in [6, 6.07) is 9.61. The van der Waals surface area contributed by atoms with E-state index in [0.717, 1.165) is 65.8 Å². The van der Waals surface area contributed by atoms with E-state index in [-0.39, 0.29) is 12.5 Å². The Morgan fingerprint density at radius 2 is 2.03 bits per heavy atom. The summed E-state index contributed by atoms with van der Waals surface area (Å²) in [5.41, 5.74) is 5.37. The second-order valence-electron chi connectivity index (χ2n) is 7.71. The number of carbonyl (C=O) groups is 2. The summed E-state index contributed by atoms with van der Waals surface area (Å²) < 4.78 is 7.29. The zero-order valence-corrected chi connectivity index (χ0v) is 17.4. The molecule has 0 saturated heterocycles. The third-order valence-electron chi connectivity index (χ3n) is 5.43. The van der Waals surface area contributed by atoms with Crippen LogP contribution in [0.4, 0.5) is 0 Å². The lowest BCUT2D eigenvalue weighted by Gasteiger charge is -2.12. The lowest BCUT2D eigenvalue weighted by atomic mass is 10.0. The van der Waals surface area contributed by atoms with Gasteiger partial charge < -0.3 is 10.1 Å². The van der Waals surface area contributed by atoms with Crippen LogP contribution in [-0.4, -0.2) is 39.8 Å². The summed E-state index contributed by atoms with van der Waals surface area (Å²) in [4.78, 5) is 29.7. The number of hydrogen-bond donors (Lipinski definition) is 1. The van der Waals surface area contributed by atoms with Gasteiger partial charge >= 0.3 is 5.97 Å². The van der Waals surface area contributed by atoms with Crippen LogP contribution in [0.1, 0.15) is 45.8 Å². The molecule has 1 aliphatic carbocycles. The Morgan fingerprint density at radius 1 is 1.20 bits per heavy atom. The van der Waals surface area contributed by atoms with E-state index in [1.807, 2.05) is 48.9 Å². The smallest absolute Gasteiger partial charge is 0.339 e. The van der Waals surface area contributed by atoms with E-state index in [0.29, 0.717) is 12.1 Å². The normalized spacial score (nSPS) is 12.7. The highest BCUT2D eigenvalue weighted by Crippen LogP contribution is 2.30. The van der Waals surface area contributed by atoms with Gasteiger partial charge in [0.1, 0.15) is 0 Å². The van der Waals surface area contributed by atoms with Gasteiger partial charge in [0.2, 0.25) is 0 Å². The summed E-state index contributed by atoms with van der Waals surface area (Å²) in [7, 11) is 0. The minimum Gasteiger partial charge on any atom is -0.452 e. The maximum atomic E-state index is 12.8. The van der Waals surface area contributed by atoms with Gasteiger partial charge in [-0.15, -0.1) is 0 Å². The van der Waals surface area contributed by atoms with Crippen LogP contribution in [0.2, 0.25) is 0 Å². The van der Waals surface area contributed by atoms with Crippen molar-refractivity contribution in [1.29, 1.82) is 0 Å². The number of amides is 1. The molecular weight excluding hydrogens is 380 g/mol. The number of aromatic nitrogens is 3. The molecule has 0 bridgehead atoms. The first kappa shape index (κ1) is 20.1. The Balaban J connectivity index is 1.33. The second-order valence-corrected chi connectivity index (χ2v) is 7.71. The number of nitrogens with zero attached hydrogens (tertiary/aromatic N) is 3. The Hall–Kier alpha value is -3.22. The molecule has 2 aromatic heterocycles. The number of benzene rings is 1. The van der Waals surface area contributed by atoms with Gasteiger partial charge in [-0.3, -0.25) is 14.5 Å². The molecule has 0 saturated carbocycles. The highest BCUT2D eigenvalue weighted by Gasteiger charge is 2.25. The Kier molecular flexibility index (Phi) is 5.79. The predicted octanol–water partition coefficient (Wildman–Crippen LogP) is 2.90. The molecule has 1 N–H and O–H groups in total. The van der Waals surface area contributed by atoms with Gasteiger partial charge in [-0.1, -0.05) is 18.2 Å². The number of ether oxygens (including phenoxy) is 1. The van der Waals surface area contributed by atoms with E-state index < -0.39 is 5.97 Å². The Morgan fingerprint density at radius 3 is 2.83 bits per heavy atom. The monoisotopic (exact) mass is 406 g/mol. The van der Waals surface area contributed by atoms with Crippen LogP contribution in [-0.2, 0) is 28.9 Å². The Bertz CT molecular complexity index is 1100. The number of hydrogen-bond acceptors (Lipinski definition) is 5. The molecule has 1 aromatic carbocycles. The molecule has 7 nitrogen and oxygen atoms in total. The molecule has 30 heavy (non-hydrogen) atoms. The summed E-state index contributed by atoms with van der Waals surface area (Å²) in [5.74, 6) is -0.753. The van der Waals surface area contributed by atoms with Crippen molar-refractivity contribution in [3.8, 4) is 0 Å². The van der Waals surface area contributed by atoms with E-state index in [2.05, 4.69) is 15.4 Å². The lowest BCUT2D eigenvalue weighted by Crippen LogP contribution is -2.30. The molecular formula is C23H26N4O3. The molecule has 0 unspecified atom stereocenters. The van der Waals surface area contributed by atoms with Crippen molar-refractivity contribution in [2.75, 3.05) is 13.2 Å². The van der Waals surface area contributed by atoms with E-state index >= 15 is 0 Å². The van der Waals surface area contributed by atoms with E-state index in [4.69, 9.17) is 4.74 Å². The first-order valence-corrected chi connectivity index (χ1v) is 10.4. The third kappa shape index (κ3) is 4.20. The number of carbonyl (C=O) groups excluding carboxylic acids is 2. The fourth-order valence-electron chi connectivity index (χ4n) is 4.06. The Labute approximate surface area is 175 Å². The minimum absolute atomic E-state index is 0.288. The second kappa shape index (κ2) is 8.65. The predicted molar refractivity (Wildman–Crippen MR) is 113 cm³/mol. The van der Waals surface area contributed by atoms with Gasteiger partial charge in [-0.2, -0.15) is 5.10 Å². The number of rotatable bonds is 7. The molecule has 0 fully saturated rings. The summed E-state index contributed by atoms with van der Waals surface area (Å²) >= 11 is 0. The quantitative estimate of drug-likeness (QED) is 0.482. The average molecular weight is 406 g/mol. The maximum Gasteiger partial charge on any atom is 0.339 e. The number of aryl methyl sites for hydroxylation is 4. The van der Waals surface area contributed by atoms with Gasteiger partial charge in [0.05, 0.1) is 16.8 Å². The SMILES string of the molecule is Cc1cc(C)n(CCCNC(=O)COC(=O)c2c3c(nc4ccccc24)CCC3)n1. The fraction of sp³-hybridized carbons (Fsp3) is 0.391. The molecule has 1 aliphatic rings. The standard InChI is InChI=1S/C23H26N4O3/c1-15-13-16(2)27(26-15)12-6-11-24-21(28)14-30-23(29)22-17-7-3-4-9-19(17)25-20-10-5-8-18(20)22/h3-4,7,9,13H,5-6,8,10-12,14H2,1-2H3,(H,24,28). The molecule has 0 spiro atoms. The van der Waals surface area contributed by atoms with Crippen LogP contribution in [0.5, 0.6) is 0 Å². The molecule has 3 aromatic rings. The van der Waals surface area contributed by atoms with Crippen LogP contribution in [0.3, 0.4) is 0 Å². The lowest BCUT2D eigenvalue weighted by molar-refractivity contribution is -0.124. The maximum absolute atomic E-state index is 12.8. The number of esters is 1. The van der Waals surface area contributed by atoms with Crippen LogP contribution in [0.15, 0.2) is 30.3 Å². The number of nitrogens with one attached hydrogen (secondary N) is 1. The van der Waals surface area contributed by atoms with Crippen LogP contribution in [0, 0.1) is 13.8 Å². The molecule has 7 heteroatoms. The number of para-hydroxylation sites is 1. The highest BCUT2D eigenvalue weighted by molar-refractivity contribution is 6.05. The largest absolute Gasteiger partial charge is 0.452 e. The van der Waals surface area contributed by atoms with E-state index in [1.165, 1.54) is 0 Å². The average Bonchev–Trinajstić information content (AvgIpc) is 3.32. The van der Waals surface area contributed by atoms with Gasteiger partial charge in [-0.05, 0) is 57.2 Å². The third-order valence-corrected chi connectivity index (χ3v) is 5.43. The van der Waals surface area contributed by atoms with Crippen molar-refractivity contribution in [3.63, 3.8) is 0 Å². The van der Waals surface area contributed by atoms with Crippen LogP contribution >= 0.6 is 0 Å². The first-order chi connectivity index (χ1) is 14.5. The summed E-state index contributed by atoms with van der Waals surface area (Å²) in [6.07, 6.45) is 3.42. The van der Waals surface area contributed by atoms with Gasteiger partial charge in [-0.25, -0.2) is 4.79 Å². The summed E-state index contributed by atoms with van der Waals surface area (Å²) in [5, 5.41) is 7.99. The van der Waals surface area contributed by atoms with Gasteiger partial charge in [0.15, 0.2) is 6.61 Å². The van der Waals surface area contributed by atoms with Gasteiger partial charge in [0.25, 0.3) is 5.91 Å². The van der Waals surface area contributed by atoms with Crippen molar-refractivity contribution >= 4 is 22.8 Å². The molecule has 156 valence electrons. The van der Waals surface area contributed by atoms with Crippen LogP contribution < -0.4 is 5.32 Å². The topological polar surface area (TPSA) is 86.1 Å². The van der Waals surface area contributed by atoms with Crippen molar-refractivity contribution in [1.82, 2.24) is 20.1 Å². The number of pyridine rings is 1. The van der Waals surface area contributed by atoms with Crippen molar-refractivity contribution in [2.24, 2.45) is 0 Å². The first-order valence-electron chi connectivity index (χ1n) is 10.4. The van der Waals surface area contributed by atoms with E-state index in [9.17, 15) is 9.59 Å². The molecule has 0 atom stereocenters. The van der Waals surface area contributed by atoms with Crippen molar-refractivity contribution in [2.45, 2.75) is 46.1 Å². The van der Waals surface area contributed by atoms with E-state index in [1.54, 1.807) is 0 Å². The van der Waals surface area contributed by atoms with Crippen LogP contribution in [0.25, 0.3) is 10.9 Å².